The van der Waals surface area contributed by atoms with Crippen LogP contribution in [0.4, 0.5) is 0 Å². The molecule has 48 heavy (non-hydrogen) atoms. The first kappa shape index (κ1) is 28.3. The topological polar surface area (TPSA) is 43.6 Å². The fourth-order valence-electron chi connectivity index (χ4n) is 6.62. The molecule has 0 aliphatic rings. The predicted molar refractivity (Wildman–Crippen MR) is 201 cm³/mol. The molecule has 3 aromatic heterocycles. The zero-order chi connectivity index (χ0) is 32.0. The third-order valence-corrected chi connectivity index (χ3v) is 9.38. The van der Waals surface area contributed by atoms with Gasteiger partial charge in [0.1, 0.15) is 0 Å². The predicted octanol–water partition coefficient (Wildman–Crippen LogP) is 11.6. The van der Waals surface area contributed by atoms with Gasteiger partial charge in [-0.2, -0.15) is 0 Å². The third kappa shape index (κ3) is 5.05. The maximum atomic E-state index is 5.21. The Kier molecular flexibility index (Phi) is 6.91. The molecule has 0 amide bonds. The van der Waals surface area contributed by atoms with E-state index in [0.29, 0.717) is 5.82 Å². The summed E-state index contributed by atoms with van der Waals surface area (Å²) >= 11 is 3.85. The molecule has 6 aromatic carbocycles. The molecule has 0 radical (unpaired) electrons. The van der Waals surface area contributed by atoms with Gasteiger partial charge in [-0.25, -0.2) is 9.97 Å². The van der Waals surface area contributed by atoms with Crippen LogP contribution in [0, 0.1) is 0 Å². The first-order valence-electron chi connectivity index (χ1n) is 15.9. The summed E-state index contributed by atoms with van der Waals surface area (Å²) in [5.74, 6) is 0.683. The molecule has 0 saturated carbocycles. The standard InChI is InChI=1S/C43H27BrN4/c44-35-23-34(24-36(25-35)48-41-13-5-3-11-37(41)38-12-4-6-14-42(38)48)40-26-39(30-18-15-29(16-19-30)33-10-7-21-45-27-33)46-43(47-40)32-20-17-28-8-1-2-9-31(28)22-32/h1-27H. The van der Waals surface area contributed by atoms with Crippen molar-refractivity contribution in [1.82, 2.24) is 19.5 Å². The van der Waals surface area contributed by atoms with Crippen molar-refractivity contribution in [3.05, 3.63) is 169 Å². The first-order valence-corrected chi connectivity index (χ1v) is 16.7. The Labute approximate surface area is 286 Å². The molecule has 9 rings (SSSR count). The summed E-state index contributed by atoms with van der Waals surface area (Å²) < 4.78 is 3.31. The number of benzene rings is 6. The Balaban J connectivity index is 1.23. The van der Waals surface area contributed by atoms with Crippen molar-refractivity contribution < 1.29 is 0 Å². The van der Waals surface area contributed by atoms with E-state index in [1.54, 1.807) is 6.20 Å². The average molecular weight is 680 g/mol. The molecule has 0 N–H and O–H groups in total. The smallest absolute Gasteiger partial charge is 0.160 e. The summed E-state index contributed by atoms with van der Waals surface area (Å²) in [7, 11) is 0. The van der Waals surface area contributed by atoms with Gasteiger partial charge in [-0.05, 0) is 70.4 Å². The minimum atomic E-state index is 0.683. The number of hydrogen-bond acceptors (Lipinski definition) is 3. The fourth-order valence-corrected chi connectivity index (χ4v) is 7.10. The lowest BCUT2D eigenvalue weighted by Gasteiger charge is -2.13. The molecular formula is C43H27BrN4. The van der Waals surface area contributed by atoms with E-state index >= 15 is 0 Å². The third-order valence-electron chi connectivity index (χ3n) is 8.93. The molecule has 9 aromatic rings. The van der Waals surface area contributed by atoms with Crippen LogP contribution in [-0.2, 0) is 0 Å². The van der Waals surface area contributed by atoms with E-state index in [-0.39, 0.29) is 0 Å². The van der Waals surface area contributed by atoms with Crippen LogP contribution in [0.15, 0.2) is 169 Å². The number of halogens is 1. The second-order valence-electron chi connectivity index (χ2n) is 11.9. The number of para-hydroxylation sites is 2. The van der Waals surface area contributed by atoms with Crippen LogP contribution in [0.5, 0.6) is 0 Å². The van der Waals surface area contributed by atoms with Crippen molar-refractivity contribution in [2.45, 2.75) is 0 Å². The second kappa shape index (κ2) is 11.7. The summed E-state index contributed by atoms with van der Waals surface area (Å²) in [6, 6.07) is 53.2. The monoisotopic (exact) mass is 678 g/mol. The van der Waals surface area contributed by atoms with Gasteiger partial charge in [0.25, 0.3) is 0 Å². The van der Waals surface area contributed by atoms with E-state index in [2.05, 4.69) is 171 Å². The highest BCUT2D eigenvalue weighted by atomic mass is 79.9. The van der Waals surface area contributed by atoms with Gasteiger partial charge in [-0.3, -0.25) is 4.98 Å². The van der Waals surface area contributed by atoms with E-state index in [9.17, 15) is 0 Å². The number of hydrogen-bond donors (Lipinski definition) is 0. The van der Waals surface area contributed by atoms with Gasteiger partial charge >= 0.3 is 0 Å². The zero-order valence-electron chi connectivity index (χ0n) is 25.8. The van der Waals surface area contributed by atoms with Crippen LogP contribution < -0.4 is 0 Å². The van der Waals surface area contributed by atoms with Crippen molar-refractivity contribution in [3.8, 4) is 50.7 Å². The zero-order valence-corrected chi connectivity index (χ0v) is 27.3. The van der Waals surface area contributed by atoms with Crippen LogP contribution in [0.2, 0.25) is 0 Å². The maximum absolute atomic E-state index is 5.21. The summed E-state index contributed by atoms with van der Waals surface area (Å²) in [5, 5.41) is 4.80. The maximum Gasteiger partial charge on any atom is 0.160 e. The van der Waals surface area contributed by atoms with Gasteiger partial charge in [0, 0.05) is 50.0 Å². The Hall–Kier alpha value is -5.91. The number of pyridine rings is 1. The van der Waals surface area contributed by atoms with Crippen LogP contribution in [-0.4, -0.2) is 19.5 Å². The summed E-state index contributed by atoms with van der Waals surface area (Å²) in [4.78, 5) is 14.6. The molecule has 0 unspecified atom stereocenters. The molecule has 0 atom stereocenters. The highest BCUT2D eigenvalue weighted by molar-refractivity contribution is 9.10. The van der Waals surface area contributed by atoms with Crippen LogP contribution in [0.25, 0.3) is 83.3 Å². The Morgan fingerprint density at radius 3 is 1.83 bits per heavy atom. The van der Waals surface area contributed by atoms with Gasteiger partial charge in [0.2, 0.25) is 0 Å². The van der Waals surface area contributed by atoms with E-state index in [4.69, 9.17) is 9.97 Å². The summed E-state index contributed by atoms with van der Waals surface area (Å²) in [6.07, 6.45) is 3.68. The van der Waals surface area contributed by atoms with E-state index in [0.717, 1.165) is 65.8 Å². The second-order valence-corrected chi connectivity index (χ2v) is 12.8. The van der Waals surface area contributed by atoms with E-state index in [1.807, 2.05) is 12.3 Å². The van der Waals surface area contributed by atoms with Crippen molar-refractivity contribution in [2.24, 2.45) is 0 Å². The molecule has 226 valence electrons. The van der Waals surface area contributed by atoms with E-state index in [1.165, 1.54) is 16.2 Å². The lowest BCUT2D eigenvalue weighted by Crippen LogP contribution is -1.98. The molecule has 0 aliphatic carbocycles. The number of nitrogens with zero attached hydrogens (tertiary/aromatic N) is 4. The van der Waals surface area contributed by atoms with Crippen molar-refractivity contribution >= 4 is 48.5 Å². The minimum Gasteiger partial charge on any atom is -0.309 e. The quantitative estimate of drug-likeness (QED) is 0.182. The lowest BCUT2D eigenvalue weighted by molar-refractivity contribution is 1.16. The van der Waals surface area contributed by atoms with Gasteiger partial charge < -0.3 is 4.57 Å². The molecule has 0 saturated heterocycles. The summed E-state index contributed by atoms with van der Waals surface area (Å²) in [6.45, 7) is 0. The van der Waals surface area contributed by atoms with Crippen LogP contribution >= 0.6 is 15.9 Å². The molecule has 4 nitrogen and oxygen atoms in total. The summed E-state index contributed by atoms with van der Waals surface area (Å²) in [5.41, 5.74) is 10.3. The molecular weight excluding hydrogens is 652 g/mol. The van der Waals surface area contributed by atoms with Crippen molar-refractivity contribution in [2.75, 3.05) is 0 Å². The fraction of sp³-hybridized carbons (Fsp3) is 0. The van der Waals surface area contributed by atoms with E-state index < -0.39 is 0 Å². The number of rotatable bonds is 5. The van der Waals surface area contributed by atoms with Gasteiger partial charge in [-0.15, -0.1) is 0 Å². The van der Waals surface area contributed by atoms with Crippen molar-refractivity contribution in [1.29, 1.82) is 0 Å². The Morgan fingerprint density at radius 2 is 1.10 bits per heavy atom. The molecule has 0 fully saturated rings. The highest BCUT2D eigenvalue weighted by Crippen LogP contribution is 2.36. The van der Waals surface area contributed by atoms with Crippen LogP contribution in [0.1, 0.15) is 0 Å². The Morgan fingerprint density at radius 1 is 0.458 bits per heavy atom. The van der Waals surface area contributed by atoms with Gasteiger partial charge in [-0.1, -0.05) is 119 Å². The average Bonchev–Trinajstić information content (AvgIpc) is 3.49. The molecule has 0 aliphatic heterocycles. The first-order chi connectivity index (χ1) is 23.7. The number of aromatic nitrogens is 4. The van der Waals surface area contributed by atoms with Gasteiger partial charge in [0.05, 0.1) is 22.4 Å². The molecule has 3 heterocycles. The van der Waals surface area contributed by atoms with Crippen molar-refractivity contribution in [3.63, 3.8) is 0 Å². The normalized spacial score (nSPS) is 11.4. The highest BCUT2D eigenvalue weighted by Gasteiger charge is 2.16. The minimum absolute atomic E-state index is 0.683. The molecule has 0 spiro atoms. The van der Waals surface area contributed by atoms with Gasteiger partial charge in [0.15, 0.2) is 5.82 Å². The largest absolute Gasteiger partial charge is 0.309 e. The van der Waals surface area contributed by atoms with Crippen LogP contribution in [0.3, 0.4) is 0 Å². The SMILES string of the molecule is Brc1cc(-c2cc(-c3ccc(-c4cccnc4)cc3)nc(-c3ccc4ccccc4c3)n2)cc(-n2c3ccccc3c3ccccc32)c1. The number of fused-ring (bicyclic) bond motifs is 4. The molecule has 5 heteroatoms. The lowest BCUT2D eigenvalue weighted by atomic mass is 10.0. The Bertz CT molecular complexity index is 2570. The molecule has 0 bridgehead atoms.